The Kier molecular flexibility index (Phi) is 4.90. The van der Waals surface area contributed by atoms with Crippen LogP contribution in [0.3, 0.4) is 0 Å². The van der Waals surface area contributed by atoms with Gasteiger partial charge in [0.15, 0.2) is 0 Å². The fourth-order valence-corrected chi connectivity index (χ4v) is 2.22. The van der Waals surface area contributed by atoms with Crippen LogP contribution in [0, 0.1) is 0 Å². The van der Waals surface area contributed by atoms with E-state index in [9.17, 15) is 18.0 Å². The van der Waals surface area contributed by atoms with Crippen LogP contribution in [0.1, 0.15) is 15.9 Å². The van der Waals surface area contributed by atoms with Crippen molar-refractivity contribution in [1.82, 2.24) is 0 Å². The van der Waals surface area contributed by atoms with Crippen molar-refractivity contribution in [2.75, 3.05) is 5.32 Å². The van der Waals surface area contributed by atoms with Crippen molar-refractivity contribution >= 4 is 46.4 Å². The van der Waals surface area contributed by atoms with Crippen LogP contribution < -0.4 is 5.32 Å². The minimum Gasteiger partial charge on any atom is -0.321 e. The van der Waals surface area contributed by atoms with Crippen molar-refractivity contribution in [1.29, 1.82) is 0 Å². The van der Waals surface area contributed by atoms with E-state index in [0.717, 1.165) is 18.2 Å². The maximum atomic E-state index is 12.7. The standard InChI is InChI=1S/C14H7Cl3F3NO/c15-9-5-4-7(14(18,19)20)6-11(9)21-13(22)8-2-1-3-10(16)12(8)17/h1-6H,(H,21,22). The topological polar surface area (TPSA) is 29.1 Å². The number of nitrogens with one attached hydrogen (secondary N) is 1. The zero-order chi connectivity index (χ0) is 16.5. The SMILES string of the molecule is O=C(Nc1cc(C(F)(F)F)ccc1Cl)c1cccc(Cl)c1Cl. The van der Waals surface area contributed by atoms with E-state index >= 15 is 0 Å². The van der Waals surface area contributed by atoms with Crippen molar-refractivity contribution in [2.24, 2.45) is 0 Å². The summed E-state index contributed by atoms with van der Waals surface area (Å²) in [6.07, 6.45) is -4.54. The van der Waals surface area contributed by atoms with Crippen LogP contribution >= 0.6 is 34.8 Å². The molecule has 116 valence electrons. The van der Waals surface area contributed by atoms with Crippen molar-refractivity contribution < 1.29 is 18.0 Å². The van der Waals surface area contributed by atoms with Gasteiger partial charge in [0.1, 0.15) is 0 Å². The Morgan fingerprint density at radius 1 is 1.00 bits per heavy atom. The Balaban J connectivity index is 2.34. The lowest BCUT2D eigenvalue weighted by Gasteiger charge is -2.12. The zero-order valence-corrected chi connectivity index (χ0v) is 12.9. The highest BCUT2D eigenvalue weighted by Crippen LogP contribution is 2.34. The quantitative estimate of drug-likeness (QED) is 0.700. The number of carbonyl (C=O) groups excluding carboxylic acids is 1. The molecule has 0 aliphatic rings. The third kappa shape index (κ3) is 3.66. The zero-order valence-electron chi connectivity index (χ0n) is 10.6. The summed E-state index contributed by atoms with van der Waals surface area (Å²) in [5, 5.41) is 2.43. The summed E-state index contributed by atoms with van der Waals surface area (Å²) in [6, 6.07) is 7.00. The largest absolute Gasteiger partial charge is 0.416 e. The van der Waals surface area contributed by atoms with Gasteiger partial charge in [-0.15, -0.1) is 0 Å². The molecule has 0 aliphatic carbocycles. The van der Waals surface area contributed by atoms with Gasteiger partial charge >= 0.3 is 6.18 Å². The highest BCUT2D eigenvalue weighted by atomic mass is 35.5. The Labute approximate surface area is 138 Å². The molecule has 0 heterocycles. The maximum Gasteiger partial charge on any atom is 0.416 e. The highest BCUT2D eigenvalue weighted by molar-refractivity contribution is 6.44. The van der Waals surface area contributed by atoms with Gasteiger partial charge in [-0.1, -0.05) is 40.9 Å². The lowest BCUT2D eigenvalue weighted by molar-refractivity contribution is -0.137. The minimum absolute atomic E-state index is 0.00441. The summed E-state index contributed by atoms with van der Waals surface area (Å²) in [4.78, 5) is 12.1. The predicted molar refractivity (Wildman–Crippen MR) is 80.9 cm³/mol. The lowest BCUT2D eigenvalue weighted by Crippen LogP contribution is -2.14. The third-order valence-corrected chi connectivity index (χ3v) is 3.89. The van der Waals surface area contributed by atoms with Gasteiger partial charge in [-0.05, 0) is 30.3 Å². The Morgan fingerprint density at radius 3 is 2.32 bits per heavy atom. The molecule has 0 saturated carbocycles. The van der Waals surface area contributed by atoms with Crippen LogP contribution in [0.4, 0.5) is 18.9 Å². The summed E-state index contributed by atoms with van der Waals surface area (Å²) >= 11 is 17.5. The van der Waals surface area contributed by atoms with Gasteiger partial charge < -0.3 is 5.32 Å². The molecule has 2 aromatic carbocycles. The van der Waals surface area contributed by atoms with E-state index in [1.54, 1.807) is 0 Å². The van der Waals surface area contributed by atoms with E-state index in [1.165, 1.54) is 18.2 Å². The molecule has 0 aromatic heterocycles. The van der Waals surface area contributed by atoms with Crippen LogP contribution in [0.5, 0.6) is 0 Å². The molecule has 0 fully saturated rings. The van der Waals surface area contributed by atoms with Crippen molar-refractivity contribution in [3.8, 4) is 0 Å². The van der Waals surface area contributed by atoms with Crippen LogP contribution in [0.15, 0.2) is 36.4 Å². The van der Waals surface area contributed by atoms with E-state index in [0.29, 0.717) is 0 Å². The van der Waals surface area contributed by atoms with Gasteiger partial charge in [0.25, 0.3) is 5.91 Å². The molecule has 0 bridgehead atoms. The van der Waals surface area contributed by atoms with E-state index in [2.05, 4.69) is 5.32 Å². The molecular weight excluding hydrogens is 362 g/mol. The molecule has 0 atom stereocenters. The van der Waals surface area contributed by atoms with Gasteiger partial charge in [0.2, 0.25) is 0 Å². The third-order valence-electron chi connectivity index (χ3n) is 2.74. The number of carbonyl (C=O) groups is 1. The minimum atomic E-state index is -4.54. The van der Waals surface area contributed by atoms with Crippen LogP contribution in [-0.4, -0.2) is 5.91 Å². The van der Waals surface area contributed by atoms with Gasteiger partial charge in [0.05, 0.1) is 31.9 Å². The van der Waals surface area contributed by atoms with Crippen LogP contribution in [0.2, 0.25) is 15.1 Å². The molecule has 2 nitrogen and oxygen atoms in total. The molecule has 2 rings (SSSR count). The average molecular weight is 369 g/mol. The molecule has 1 amide bonds. The molecule has 0 unspecified atom stereocenters. The number of benzene rings is 2. The van der Waals surface area contributed by atoms with Crippen LogP contribution in [0.25, 0.3) is 0 Å². The number of rotatable bonds is 2. The number of hydrogen-bond donors (Lipinski definition) is 1. The van der Waals surface area contributed by atoms with Gasteiger partial charge in [-0.3, -0.25) is 4.79 Å². The fraction of sp³-hybridized carbons (Fsp3) is 0.0714. The summed E-state index contributed by atoms with van der Waals surface area (Å²) in [6.45, 7) is 0. The number of amides is 1. The molecule has 1 N–H and O–H groups in total. The lowest BCUT2D eigenvalue weighted by atomic mass is 10.1. The monoisotopic (exact) mass is 367 g/mol. The van der Waals surface area contributed by atoms with Crippen molar-refractivity contribution in [3.05, 3.63) is 62.6 Å². The Bertz CT molecular complexity index is 732. The fourth-order valence-electron chi connectivity index (χ4n) is 1.67. The number of hydrogen-bond acceptors (Lipinski definition) is 1. The predicted octanol–water partition coefficient (Wildman–Crippen LogP) is 5.92. The molecule has 2 aromatic rings. The molecule has 0 saturated heterocycles. The summed E-state index contributed by atoms with van der Waals surface area (Å²) in [7, 11) is 0. The first-order valence-electron chi connectivity index (χ1n) is 5.82. The molecule has 0 spiro atoms. The van der Waals surface area contributed by atoms with Crippen molar-refractivity contribution in [2.45, 2.75) is 6.18 Å². The van der Waals surface area contributed by atoms with Crippen molar-refractivity contribution in [3.63, 3.8) is 0 Å². The average Bonchev–Trinajstić information content (AvgIpc) is 2.43. The summed E-state index contributed by atoms with van der Waals surface area (Å²) in [5.41, 5.74) is -1.07. The molecule has 0 aliphatic heterocycles. The second-order valence-electron chi connectivity index (χ2n) is 4.25. The van der Waals surface area contributed by atoms with E-state index in [4.69, 9.17) is 34.8 Å². The van der Waals surface area contributed by atoms with Gasteiger partial charge in [-0.25, -0.2) is 0 Å². The second-order valence-corrected chi connectivity index (χ2v) is 5.44. The van der Waals surface area contributed by atoms with Gasteiger partial charge in [0, 0.05) is 0 Å². The van der Waals surface area contributed by atoms with E-state index in [-0.39, 0.29) is 26.3 Å². The van der Waals surface area contributed by atoms with Gasteiger partial charge in [-0.2, -0.15) is 13.2 Å². The maximum absolute atomic E-state index is 12.7. The second kappa shape index (κ2) is 6.36. The Hall–Kier alpha value is -1.43. The normalized spacial score (nSPS) is 11.4. The molecule has 0 radical (unpaired) electrons. The Morgan fingerprint density at radius 2 is 1.68 bits per heavy atom. The summed E-state index contributed by atoms with van der Waals surface area (Å²) < 4.78 is 38.0. The molecular formula is C14H7Cl3F3NO. The highest BCUT2D eigenvalue weighted by Gasteiger charge is 2.31. The van der Waals surface area contributed by atoms with E-state index in [1.807, 2.05) is 0 Å². The molecule has 8 heteroatoms. The smallest absolute Gasteiger partial charge is 0.321 e. The van der Waals surface area contributed by atoms with E-state index < -0.39 is 17.6 Å². The molecule has 22 heavy (non-hydrogen) atoms. The summed E-state index contributed by atoms with van der Waals surface area (Å²) in [5.74, 6) is -0.714. The van der Waals surface area contributed by atoms with Crippen LogP contribution in [-0.2, 0) is 6.18 Å². The first-order valence-corrected chi connectivity index (χ1v) is 6.95. The first-order chi connectivity index (χ1) is 10.2. The number of alkyl halides is 3. The number of halogens is 6. The number of anilines is 1. The first kappa shape index (κ1) is 16.9.